The highest BCUT2D eigenvalue weighted by molar-refractivity contribution is 7.88. The molecule has 234 valence electrons. The fraction of sp³-hybridized carbons (Fsp3) is 0.786. The minimum absolute atomic E-state index is 0.0540. The van der Waals surface area contributed by atoms with Gasteiger partial charge in [0.1, 0.15) is 11.6 Å². The monoisotopic (exact) mass is 599 g/mol. The molecule has 0 aromatic carbocycles. The van der Waals surface area contributed by atoms with Crippen molar-refractivity contribution in [2.24, 2.45) is 11.3 Å². The molecule has 12 nitrogen and oxygen atoms in total. The Bertz CT molecular complexity index is 1090. The highest BCUT2D eigenvalue weighted by Crippen LogP contribution is 2.45. The van der Waals surface area contributed by atoms with E-state index >= 15 is 0 Å². The van der Waals surface area contributed by atoms with Crippen LogP contribution in [-0.4, -0.2) is 97.1 Å². The number of urea groups is 1. The van der Waals surface area contributed by atoms with Crippen LogP contribution < -0.4 is 16.0 Å². The summed E-state index contributed by atoms with van der Waals surface area (Å²) in [5.41, 5.74) is -1.82. The van der Waals surface area contributed by atoms with Crippen LogP contribution in [0, 0.1) is 11.3 Å². The van der Waals surface area contributed by atoms with Crippen molar-refractivity contribution in [3.63, 3.8) is 0 Å². The molecule has 0 spiro atoms. The summed E-state index contributed by atoms with van der Waals surface area (Å²) < 4.78 is 24.8. The van der Waals surface area contributed by atoms with Crippen molar-refractivity contribution in [2.75, 3.05) is 32.9 Å². The van der Waals surface area contributed by atoms with E-state index in [-0.39, 0.29) is 19.0 Å². The quantitative estimate of drug-likeness (QED) is 0.165. The zero-order valence-electron chi connectivity index (χ0n) is 25.4. The third kappa shape index (κ3) is 9.98. The number of carboxylic acids is 1. The first-order chi connectivity index (χ1) is 19.0. The largest absolute Gasteiger partial charge is 0.479 e. The fourth-order valence-corrected chi connectivity index (χ4v) is 5.37. The van der Waals surface area contributed by atoms with Crippen LogP contribution in [0.5, 0.6) is 0 Å². The van der Waals surface area contributed by atoms with Crippen LogP contribution in [0.15, 0.2) is 12.2 Å². The molecule has 1 saturated carbocycles. The number of rotatable bonds is 15. The molecule has 0 aromatic heterocycles. The van der Waals surface area contributed by atoms with E-state index < -0.39 is 56.9 Å². The predicted octanol–water partition coefficient (Wildman–Crippen LogP) is 2.07. The molecule has 1 saturated heterocycles. The summed E-state index contributed by atoms with van der Waals surface area (Å²) in [4.78, 5) is 52.2. The van der Waals surface area contributed by atoms with Gasteiger partial charge in [0.2, 0.25) is 21.8 Å². The molecule has 1 aliphatic carbocycles. The Morgan fingerprint density at radius 3 is 2.44 bits per heavy atom. The van der Waals surface area contributed by atoms with Gasteiger partial charge in [-0.1, -0.05) is 59.1 Å². The Labute approximate surface area is 244 Å². The molecule has 4 atom stereocenters. The van der Waals surface area contributed by atoms with E-state index in [1.54, 1.807) is 0 Å². The summed E-state index contributed by atoms with van der Waals surface area (Å²) in [6.07, 6.45) is 11.6. The van der Waals surface area contributed by atoms with Crippen LogP contribution in [0.2, 0.25) is 0 Å². The van der Waals surface area contributed by atoms with E-state index in [1.807, 2.05) is 32.9 Å². The SMILES string of the molecule is CCCCCC/C=C\C1C[C@]1(NC(=O)[C@@H]1CCCN1C(=O)CNC(=O)NC(CN(C)S(C)(=O)=O)C(C)(C)C)C(=O)O. The number of hydrogen-bond acceptors (Lipinski definition) is 6. The van der Waals surface area contributed by atoms with Gasteiger partial charge in [-0.3, -0.25) is 9.59 Å². The lowest BCUT2D eigenvalue weighted by Gasteiger charge is -2.34. The second kappa shape index (κ2) is 14.5. The van der Waals surface area contributed by atoms with Crippen LogP contribution in [-0.2, 0) is 24.4 Å². The van der Waals surface area contributed by atoms with Crippen LogP contribution in [0.1, 0.15) is 79.1 Å². The molecule has 4 amide bonds. The van der Waals surface area contributed by atoms with Gasteiger partial charge in [-0.15, -0.1) is 0 Å². The first kappa shape index (κ1) is 34.5. The molecular formula is C28H49N5O7S. The Morgan fingerprint density at radius 1 is 1.17 bits per heavy atom. The number of nitrogens with one attached hydrogen (secondary N) is 3. The molecule has 13 heteroatoms. The predicted molar refractivity (Wildman–Crippen MR) is 157 cm³/mol. The molecule has 0 bridgehead atoms. The normalized spacial score (nSPS) is 23.4. The molecular weight excluding hydrogens is 550 g/mol. The van der Waals surface area contributed by atoms with Crippen molar-refractivity contribution < 1.29 is 32.7 Å². The third-order valence-corrected chi connectivity index (χ3v) is 9.25. The van der Waals surface area contributed by atoms with Gasteiger partial charge in [0.05, 0.1) is 12.8 Å². The first-order valence-electron chi connectivity index (χ1n) is 14.5. The van der Waals surface area contributed by atoms with Gasteiger partial charge in [-0.05, 0) is 37.5 Å². The molecule has 2 rings (SSSR count). The average molecular weight is 600 g/mol. The molecule has 2 aliphatic rings. The Hall–Kier alpha value is -2.67. The number of carbonyl (C=O) groups is 4. The van der Waals surface area contributed by atoms with Crippen LogP contribution >= 0.6 is 0 Å². The summed E-state index contributed by atoms with van der Waals surface area (Å²) >= 11 is 0. The molecule has 0 radical (unpaired) electrons. The van der Waals surface area contributed by atoms with Crippen molar-refractivity contribution in [1.82, 2.24) is 25.2 Å². The van der Waals surface area contributed by atoms with Crippen molar-refractivity contribution >= 4 is 33.8 Å². The highest BCUT2D eigenvalue weighted by atomic mass is 32.2. The Kier molecular flexibility index (Phi) is 12.2. The lowest BCUT2D eigenvalue weighted by atomic mass is 9.87. The van der Waals surface area contributed by atoms with Gasteiger partial charge in [0, 0.05) is 32.1 Å². The number of allylic oxidation sites excluding steroid dienone is 1. The van der Waals surface area contributed by atoms with Crippen molar-refractivity contribution in [1.29, 1.82) is 0 Å². The molecule has 2 unspecified atom stereocenters. The van der Waals surface area contributed by atoms with Crippen LogP contribution in [0.25, 0.3) is 0 Å². The van der Waals surface area contributed by atoms with E-state index in [4.69, 9.17) is 0 Å². The lowest BCUT2D eigenvalue weighted by Crippen LogP contribution is -2.56. The number of amides is 4. The summed E-state index contributed by atoms with van der Waals surface area (Å²) in [5.74, 6) is -2.33. The van der Waals surface area contributed by atoms with Crippen molar-refractivity contribution in [2.45, 2.75) is 96.7 Å². The molecule has 0 aromatic rings. The zero-order valence-corrected chi connectivity index (χ0v) is 26.2. The standard InChI is InChI=1S/C28H49N5O7S/c1-7-8-9-10-11-12-14-20-17-28(20,25(36)37)31-24(35)21-15-13-16-33(21)23(34)18-29-26(38)30-22(27(2,3)4)19-32(5)41(6,39)40/h12,14,20-22H,7-11,13,15-19H2,1-6H3,(H,31,35)(H,36,37)(H2,29,30,38)/b14-12-/t20?,21-,22?,28+/m0/s1. The molecule has 2 fully saturated rings. The Balaban J connectivity index is 1.93. The van der Waals surface area contributed by atoms with E-state index in [0.29, 0.717) is 25.8 Å². The second-order valence-electron chi connectivity index (χ2n) is 12.4. The summed E-state index contributed by atoms with van der Waals surface area (Å²) in [5, 5.41) is 17.8. The minimum Gasteiger partial charge on any atom is -0.479 e. The third-order valence-electron chi connectivity index (χ3n) is 7.97. The fourth-order valence-electron chi connectivity index (χ4n) is 4.95. The zero-order chi connectivity index (χ0) is 31.0. The number of likely N-dealkylation sites (tertiary alicyclic amines) is 1. The van der Waals surface area contributed by atoms with Gasteiger partial charge in [-0.25, -0.2) is 22.3 Å². The summed E-state index contributed by atoms with van der Waals surface area (Å²) in [6, 6.07) is -1.98. The number of aliphatic carboxylic acids is 1. The van der Waals surface area contributed by atoms with E-state index in [0.717, 1.165) is 36.2 Å². The number of nitrogens with zero attached hydrogens (tertiary/aromatic N) is 2. The molecule has 41 heavy (non-hydrogen) atoms. The number of sulfonamides is 1. The minimum atomic E-state index is -3.45. The second-order valence-corrected chi connectivity index (χ2v) is 14.5. The molecule has 1 heterocycles. The average Bonchev–Trinajstić information content (AvgIpc) is 3.33. The molecule has 1 aliphatic heterocycles. The number of likely N-dealkylation sites (N-methyl/N-ethyl adjacent to an activating group) is 1. The van der Waals surface area contributed by atoms with E-state index in [2.05, 4.69) is 22.9 Å². The molecule has 4 N–H and O–H groups in total. The topological polar surface area (TPSA) is 165 Å². The maximum absolute atomic E-state index is 13.1. The van der Waals surface area contributed by atoms with Gasteiger partial charge in [-0.2, -0.15) is 0 Å². The smallest absolute Gasteiger partial charge is 0.330 e. The summed E-state index contributed by atoms with van der Waals surface area (Å²) in [7, 11) is -2.02. The Morgan fingerprint density at radius 2 is 1.85 bits per heavy atom. The van der Waals surface area contributed by atoms with Crippen LogP contribution in [0.3, 0.4) is 0 Å². The number of carbonyl (C=O) groups excluding carboxylic acids is 3. The van der Waals surface area contributed by atoms with E-state index in [9.17, 15) is 32.7 Å². The van der Waals surface area contributed by atoms with Crippen molar-refractivity contribution in [3.8, 4) is 0 Å². The van der Waals surface area contributed by atoms with Gasteiger partial charge in [0.25, 0.3) is 0 Å². The highest BCUT2D eigenvalue weighted by Gasteiger charge is 2.61. The first-order valence-corrected chi connectivity index (χ1v) is 16.3. The van der Waals surface area contributed by atoms with E-state index in [1.165, 1.54) is 18.4 Å². The van der Waals surface area contributed by atoms with Gasteiger partial charge in [0.15, 0.2) is 0 Å². The number of unbranched alkanes of at least 4 members (excludes halogenated alkanes) is 4. The van der Waals surface area contributed by atoms with Gasteiger partial charge < -0.3 is 26.0 Å². The summed E-state index contributed by atoms with van der Waals surface area (Å²) in [6.45, 7) is 7.76. The van der Waals surface area contributed by atoms with Crippen molar-refractivity contribution in [3.05, 3.63) is 12.2 Å². The number of hydrogen-bond donors (Lipinski definition) is 4. The lowest BCUT2D eigenvalue weighted by molar-refractivity contribution is -0.145. The maximum Gasteiger partial charge on any atom is 0.330 e. The van der Waals surface area contributed by atoms with Gasteiger partial charge >= 0.3 is 12.0 Å². The maximum atomic E-state index is 13.1. The van der Waals surface area contributed by atoms with Crippen LogP contribution in [0.4, 0.5) is 4.79 Å². The number of carboxylic acid groups (broad SMARTS) is 1.